The van der Waals surface area contributed by atoms with Crippen LogP contribution in [0.1, 0.15) is 22.8 Å². The first kappa shape index (κ1) is 24.1. The largest absolute Gasteiger partial charge is 0.497 e. The lowest BCUT2D eigenvalue weighted by atomic mass is 9.73. The zero-order valence-corrected chi connectivity index (χ0v) is 22.1. The van der Waals surface area contributed by atoms with Gasteiger partial charge in [0.2, 0.25) is 5.91 Å². The average molecular weight is 538 g/mol. The van der Waals surface area contributed by atoms with Gasteiger partial charge in [-0.05, 0) is 55.1 Å². The van der Waals surface area contributed by atoms with Crippen LogP contribution in [0.15, 0.2) is 65.3 Å². The number of rotatable bonds is 4. The van der Waals surface area contributed by atoms with Gasteiger partial charge in [0.25, 0.3) is 5.91 Å². The van der Waals surface area contributed by atoms with Crippen molar-refractivity contribution in [2.45, 2.75) is 22.7 Å². The number of carbonyl (C=O) groups is 2. The van der Waals surface area contributed by atoms with E-state index in [2.05, 4.69) is 0 Å². The van der Waals surface area contributed by atoms with E-state index in [0.717, 1.165) is 5.56 Å². The van der Waals surface area contributed by atoms with Gasteiger partial charge in [0.05, 0.1) is 25.8 Å². The normalized spacial score (nSPS) is 27.2. The van der Waals surface area contributed by atoms with Crippen molar-refractivity contribution < 1.29 is 23.1 Å². The summed E-state index contributed by atoms with van der Waals surface area (Å²) in [6, 6.07) is 15.3. The fourth-order valence-corrected chi connectivity index (χ4v) is 8.27. The minimum atomic E-state index is -1.48. The van der Waals surface area contributed by atoms with E-state index in [1.807, 2.05) is 35.2 Å². The van der Waals surface area contributed by atoms with Crippen LogP contribution >= 0.6 is 24.0 Å². The van der Waals surface area contributed by atoms with Crippen molar-refractivity contribution in [1.29, 1.82) is 0 Å². The first-order valence-corrected chi connectivity index (χ1v) is 13.0. The average Bonchev–Trinajstić information content (AvgIpc) is 3.61. The van der Waals surface area contributed by atoms with Crippen molar-refractivity contribution in [2.24, 2.45) is 0 Å². The number of fused-ring (bicyclic) bond motifs is 3. The van der Waals surface area contributed by atoms with Crippen molar-refractivity contribution in [3.8, 4) is 5.75 Å². The van der Waals surface area contributed by atoms with Gasteiger partial charge < -0.3 is 14.1 Å². The van der Waals surface area contributed by atoms with Crippen LogP contribution < -0.4 is 9.64 Å². The van der Waals surface area contributed by atoms with E-state index in [4.69, 9.17) is 21.4 Å². The summed E-state index contributed by atoms with van der Waals surface area (Å²) >= 11 is 7.01. The molecule has 0 N–H and O–H groups in total. The van der Waals surface area contributed by atoms with Crippen molar-refractivity contribution in [1.82, 2.24) is 9.80 Å². The molecule has 2 aromatic carbocycles. The molecule has 2 fully saturated rings. The second kappa shape index (κ2) is 8.41. The van der Waals surface area contributed by atoms with E-state index in [9.17, 15) is 14.0 Å². The molecular weight excluding hydrogens is 513 g/mol. The number of likely N-dealkylation sites (tertiary alicyclic amines) is 1. The second-order valence-corrected chi connectivity index (χ2v) is 11.4. The summed E-state index contributed by atoms with van der Waals surface area (Å²) in [6.07, 6.45) is 1.56. The number of carbonyl (C=O) groups excluding carboxylic acids is 2. The van der Waals surface area contributed by atoms with Crippen LogP contribution in [0, 0.1) is 5.82 Å². The number of likely N-dealkylation sites (N-methyl/N-ethyl adjacent to an activating group) is 2. The first-order chi connectivity index (χ1) is 17.8. The van der Waals surface area contributed by atoms with Gasteiger partial charge in [0, 0.05) is 24.8 Å². The molecule has 4 heterocycles. The van der Waals surface area contributed by atoms with Gasteiger partial charge in [-0.2, -0.15) is 0 Å². The van der Waals surface area contributed by atoms with Gasteiger partial charge in [-0.3, -0.25) is 19.4 Å². The molecular formula is C27H24FN3O4S2. The van der Waals surface area contributed by atoms with E-state index in [1.165, 1.54) is 28.8 Å². The maximum absolute atomic E-state index is 14.7. The Balaban J connectivity index is 1.55. The lowest BCUT2D eigenvalue weighted by molar-refractivity contribution is -0.139. The Morgan fingerprint density at radius 2 is 1.89 bits per heavy atom. The van der Waals surface area contributed by atoms with Gasteiger partial charge in [0.15, 0.2) is 5.54 Å². The number of thioether (sulfide) groups is 1. The summed E-state index contributed by atoms with van der Waals surface area (Å²) < 4.78 is 24.8. The Morgan fingerprint density at radius 3 is 2.57 bits per heavy atom. The number of furan rings is 1. The number of ether oxygens (including phenoxy) is 1. The monoisotopic (exact) mass is 537 g/mol. The molecule has 2 spiro atoms. The van der Waals surface area contributed by atoms with E-state index in [1.54, 1.807) is 44.5 Å². The van der Waals surface area contributed by atoms with Gasteiger partial charge in [-0.25, -0.2) is 4.39 Å². The highest BCUT2D eigenvalue weighted by Crippen LogP contribution is 2.66. The number of thiocarbonyl (C=S) groups is 1. The minimum absolute atomic E-state index is 0.237. The zero-order chi connectivity index (χ0) is 26.1. The van der Waals surface area contributed by atoms with Gasteiger partial charge in [0.1, 0.15) is 26.4 Å². The standard InChI is InChI=1S/C27H24FN3O4S2/c1-29-15-20(22-5-4-12-35-22)27(26(29)19-13-17(28)8-11-21(19)30(2)23(26)32)24(33)31(25(36)37-27)14-16-6-9-18(34-3)10-7-16/h4-13,20H,14-15H2,1-3H3/t20-,26-,27+/m1/s1. The molecule has 190 valence electrons. The summed E-state index contributed by atoms with van der Waals surface area (Å²) in [4.78, 5) is 33.9. The van der Waals surface area contributed by atoms with Crippen LogP contribution in [0.25, 0.3) is 0 Å². The number of methoxy groups -OCH3 is 1. The molecule has 7 nitrogen and oxygen atoms in total. The highest BCUT2D eigenvalue weighted by atomic mass is 32.2. The molecule has 2 amide bonds. The summed E-state index contributed by atoms with van der Waals surface area (Å²) in [5.74, 6) is -0.270. The molecule has 0 saturated carbocycles. The fourth-order valence-electron chi connectivity index (χ4n) is 6.16. The Labute approximate surface area is 223 Å². The summed E-state index contributed by atoms with van der Waals surface area (Å²) in [7, 11) is 5.06. The van der Waals surface area contributed by atoms with Crippen molar-refractivity contribution in [2.75, 3.05) is 32.6 Å². The lowest BCUT2D eigenvalue weighted by Gasteiger charge is -2.41. The van der Waals surface area contributed by atoms with E-state index >= 15 is 0 Å². The summed E-state index contributed by atoms with van der Waals surface area (Å²) in [6.45, 7) is 0.585. The van der Waals surface area contributed by atoms with E-state index < -0.39 is 22.0 Å². The van der Waals surface area contributed by atoms with Crippen LogP contribution in [0.2, 0.25) is 0 Å². The second-order valence-electron chi connectivity index (χ2n) is 9.53. The summed E-state index contributed by atoms with van der Waals surface area (Å²) in [5.41, 5.74) is 0.430. The molecule has 0 bridgehead atoms. The Kier molecular flexibility index (Phi) is 5.48. The number of nitrogens with zero attached hydrogens (tertiary/aromatic N) is 3. The molecule has 3 atom stereocenters. The van der Waals surface area contributed by atoms with Crippen LogP contribution in [0.3, 0.4) is 0 Å². The third-order valence-corrected chi connectivity index (χ3v) is 9.74. The number of halogens is 1. The smallest absolute Gasteiger partial charge is 0.254 e. The highest BCUT2D eigenvalue weighted by molar-refractivity contribution is 8.25. The van der Waals surface area contributed by atoms with E-state index in [-0.39, 0.29) is 18.4 Å². The Morgan fingerprint density at radius 1 is 1.14 bits per heavy atom. The van der Waals surface area contributed by atoms with Crippen LogP contribution in [-0.2, 0) is 21.7 Å². The highest BCUT2D eigenvalue weighted by Gasteiger charge is 2.79. The molecule has 10 heteroatoms. The van der Waals surface area contributed by atoms with Crippen LogP contribution in [0.5, 0.6) is 5.75 Å². The number of hydrogen-bond acceptors (Lipinski definition) is 7. The van der Waals surface area contributed by atoms with E-state index in [0.29, 0.717) is 33.6 Å². The van der Waals surface area contributed by atoms with Gasteiger partial charge in [-0.1, -0.05) is 36.1 Å². The first-order valence-electron chi connectivity index (χ1n) is 11.8. The van der Waals surface area contributed by atoms with Crippen molar-refractivity contribution >= 4 is 45.8 Å². The molecule has 0 unspecified atom stereocenters. The quantitative estimate of drug-likeness (QED) is 0.464. The number of amides is 2. The molecule has 1 aromatic heterocycles. The lowest BCUT2D eigenvalue weighted by Crippen LogP contribution is -2.62. The van der Waals surface area contributed by atoms with Crippen molar-refractivity contribution in [3.05, 3.63) is 83.6 Å². The predicted octanol–water partition coefficient (Wildman–Crippen LogP) is 4.13. The zero-order valence-electron chi connectivity index (χ0n) is 20.4. The molecule has 2 saturated heterocycles. The van der Waals surface area contributed by atoms with Crippen LogP contribution in [0.4, 0.5) is 10.1 Å². The third-order valence-electron chi connectivity index (χ3n) is 7.80. The third kappa shape index (κ3) is 3.06. The molecule has 3 aromatic rings. The topological polar surface area (TPSA) is 66.2 Å². The van der Waals surface area contributed by atoms with Gasteiger partial charge in [-0.15, -0.1) is 0 Å². The predicted molar refractivity (Wildman–Crippen MR) is 142 cm³/mol. The number of anilines is 1. The summed E-state index contributed by atoms with van der Waals surface area (Å²) in [5, 5.41) is 0. The molecule has 6 rings (SSSR count). The molecule has 0 aliphatic carbocycles. The number of hydrogen-bond donors (Lipinski definition) is 0. The molecule has 0 radical (unpaired) electrons. The SMILES string of the molecule is COc1ccc(CN2C(=O)[C@@]3(SC2=S)[C@@H](c2ccco2)CN(C)[C@]32C(=O)N(C)c3ccc(F)cc32)cc1. The van der Waals surface area contributed by atoms with Crippen LogP contribution in [-0.4, -0.2) is 58.4 Å². The van der Waals surface area contributed by atoms with Crippen molar-refractivity contribution in [3.63, 3.8) is 0 Å². The molecule has 3 aliphatic heterocycles. The maximum atomic E-state index is 14.7. The fraction of sp³-hybridized carbons (Fsp3) is 0.296. The minimum Gasteiger partial charge on any atom is -0.497 e. The molecule has 37 heavy (non-hydrogen) atoms. The number of benzene rings is 2. The Hall–Kier alpha value is -3.21. The maximum Gasteiger partial charge on any atom is 0.254 e. The Bertz CT molecular complexity index is 1430. The van der Waals surface area contributed by atoms with Gasteiger partial charge >= 0.3 is 0 Å². The molecule has 3 aliphatic rings.